The lowest BCUT2D eigenvalue weighted by molar-refractivity contribution is -0.138. The second kappa shape index (κ2) is 10.3. The van der Waals surface area contributed by atoms with Crippen molar-refractivity contribution in [2.75, 3.05) is 45.2 Å². The van der Waals surface area contributed by atoms with Gasteiger partial charge in [0.25, 0.3) is 0 Å². The van der Waals surface area contributed by atoms with Gasteiger partial charge in [0.2, 0.25) is 11.8 Å². The lowest BCUT2D eigenvalue weighted by atomic mass is 9.85. The van der Waals surface area contributed by atoms with Crippen molar-refractivity contribution in [1.29, 1.82) is 0 Å². The van der Waals surface area contributed by atoms with Gasteiger partial charge in [0.15, 0.2) is 15.8 Å². The maximum absolute atomic E-state index is 12.7. The van der Waals surface area contributed by atoms with E-state index in [9.17, 15) is 18.0 Å². The Hall–Kier alpha value is -1.84. The van der Waals surface area contributed by atoms with Crippen LogP contribution in [0.2, 0.25) is 0 Å². The second-order valence-corrected chi connectivity index (χ2v) is 10.5. The number of carbonyl (C=O) groups excluding carboxylic acids is 2. The van der Waals surface area contributed by atoms with Crippen LogP contribution in [0.5, 0.6) is 0 Å². The molecule has 1 heterocycles. The topological polar surface area (TPSA) is 120 Å². The van der Waals surface area contributed by atoms with E-state index in [-0.39, 0.29) is 35.8 Å². The van der Waals surface area contributed by atoms with Crippen LogP contribution in [0.3, 0.4) is 0 Å². The quantitative estimate of drug-likeness (QED) is 0.366. The number of rotatable bonds is 8. The van der Waals surface area contributed by atoms with Gasteiger partial charge in [-0.3, -0.25) is 14.6 Å². The normalized spacial score (nSPS) is 22.9. The van der Waals surface area contributed by atoms with Crippen LogP contribution in [0.4, 0.5) is 0 Å². The van der Waals surface area contributed by atoms with Crippen molar-refractivity contribution in [2.45, 2.75) is 51.5 Å². The van der Waals surface area contributed by atoms with Gasteiger partial charge in [-0.05, 0) is 26.2 Å². The van der Waals surface area contributed by atoms with Gasteiger partial charge in [0.05, 0.1) is 23.5 Å². The molecule has 0 radical (unpaired) electrons. The highest BCUT2D eigenvalue weighted by atomic mass is 32.2. The van der Waals surface area contributed by atoms with Gasteiger partial charge in [-0.2, -0.15) is 0 Å². The molecule has 10 heteroatoms. The van der Waals surface area contributed by atoms with E-state index in [1.165, 1.54) is 0 Å². The number of aliphatic imine (C=N–C) groups is 1. The van der Waals surface area contributed by atoms with E-state index >= 15 is 0 Å². The largest absolute Gasteiger partial charge is 0.357 e. The highest BCUT2D eigenvalue weighted by Gasteiger charge is 2.42. The Morgan fingerprint density at radius 3 is 2.41 bits per heavy atom. The molecule has 0 aromatic carbocycles. The summed E-state index contributed by atoms with van der Waals surface area (Å²) in [5, 5.41) is 9.07. The van der Waals surface area contributed by atoms with Crippen LogP contribution in [0.15, 0.2) is 4.99 Å². The third-order valence-corrected chi connectivity index (χ3v) is 7.31. The molecule has 1 saturated heterocycles. The third-order valence-electron chi connectivity index (χ3n) is 5.55. The molecule has 1 saturated carbocycles. The molecule has 2 fully saturated rings. The molecule has 1 atom stereocenters. The third kappa shape index (κ3) is 6.87. The lowest BCUT2D eigenvalue weighted by Crippen LogP contribution is -2.44. The van der Waals surface area contributed by atoms with E-state index < -0.39 is 15.3 Å². The van der Waals surface area contributed by atoms with Crippen molar-refractivity contribution in [3.05, 3.63) is 0 Å². The fraction of sp³-hybridized carbons (Fsp3) is 0.842. The van der Waals surface area contributed by atoms with Crippen LogP contribution in [-0.4, -0.2) is 82.4 Å². The zero-order chi connectivity index (χ0) is 21.5. The molecule has 2 rings (SSSR count). The Morgan fingerprint density at radius 2 is 1.86 bits per heavy atom. The summed E-state index contributed by atoms with van der Waals surface area (Å²) in [4.78, 5) is 31.0. The summed E-state index contributed by atoms with van der Waals surface area (Å²) in [6.07, 6.45) is 4.47. The van der Waals surface area contributed by atoms with Crippen molar-refractivity contribution < 1.29 is 18.0 Å². The summed E-state index contributed by atoms with van der Waals surface area (Å²) in [7, 11) is 0.556. The maximum Gasteiger partial charge on any atom is 0.230 e. The summed E-state index contributed by atoms with van der Waals surface area (Å²) in [5.41, 5.74) is -0.433. The first kappa shape index (κ1) is 23.4. The molecular formula is C19H35N5O4S. The highest BCUT2D eigenvalue weighted by Crippen LogP contribution is 2.39. The fourth-order valence-corrected chi connectivity index (χ4v) is 5.71. The fourth-order valence-electron chi connectivity index (χ4n) is 4.04. The number of nitrogens with zero attached hydrogens (tertiary/aromatic N) is 2. The standard InChI is InChI=1S/C19H35N5O4S/c1-4-20-18(22-14-19(9-5-6-10-19)17(26)24(2)3)21-11-7-16(25)23-15-8-12-29(27,28)13-15/h15H,4-14H2,1-3H3,(H,23,25)(H2,20,21,22). The average molecular weight is 430 g/mol. The molecule has 9 nitrogen and oxygen atoms in total. The molecule has 1 unspecified atom stereocenters. The minimum absolute atomic E-state index is 0.0260. The molecule has 166 valence electrons. The SMILES string of the molecule is CCNC(=NCC1(C(=O)N(C)C)CCCC1)NCCC(=O)NC1CCS(=O)(=O)C1. The molecule has 1 aliphatic heterocycles. The predicted molar refractivity (Wildman–Crippen MR) is 113 cm³/mol. The first-order valence-electron chi connectivity index (χ1n) is 10.4. The monoisotopic (exact) mass is 429 g/mol. The van der Waals surface area contributed by atoms with Gasteiger partial charge >= 0.3 is 0 Å². The second-order valence-electron chi connectivity index (χ2n) is 8.23. The van der Waals surface area contributed by atoms with E-state index in [1.54, 1.807) is 19.0 Å². The van der Waals surface area contributed by atoms with Gasteiger partial charge in [-0.15, -0.1) is 0 Å². The first-order valence-corrected chi connectivity index (χ1v) is 12.2. The molecule has 0 aromatic heterocycles. The van der Waals surface area contributed by atoms with E-state index in [0.29, 0.717) is 32.0 Å². The summed E-state index contributed by atoms with van der Waals surface area (Å²) in [6.45, 7) is 3.44. The molecule has 3 N–H and O–H groups in total. The van der Waals surface area contributed by atoms with Crippen molar-refractivity contribution >= 4 is 27.6 Å². The first-order chi connectivity index (χ1) is 13.7. The summed E-state index contributed by atoms with van der Waals surface area (Å²) in [6, 6.07) is -0.284. The number of hydrogen-bond donors (Lipinski definition) is 3. The smallest absolute Gasteiger partial charge is 0.230 e. The Morgan fingerprint density at radius 1 is 1.17 bits per heavy atom. The number of amides is 2. The Kier molecular flexibility index (Phi) is 8.30. The zero-order valence-corrected chi connectivity index (χ0v) is 18.6. The molecule has 1 aliphatic carbocycles. The summed E-state index contributed by atoms with van der Waals surface area (Å²) >= 11 is 0. The van der Waals surface area contributed by atoms with Crippen molar-refractivity contribution in [3.63, 3.8) is 0 Å². The molecule has 29 heavy (non-hydrogen) atoms. The Balaban J connectivity index is 1.85. The minimum Gasteiger partial charge on any atom is -0.357 e. The summed E-state index contributed by atoms with van der Waals surface area (Å²) in [5.74, 6) is 0.701. The van der Waals surface area contributed by atoms with Crippen LogP contribution < -0.4 is 16.0 Å². The predicted octanol–water partition coefficient (Wildman–Crippen LogP) is -0.116. The van der Waals surface area contributed by atoms with Crippen LogP contribution >= 0.6 is 0 Å². The van der Waals surface area contributed by atoms with Crippen LogP contribution in [0.25, 0.3) is 0 Å². The number of guanidine groups is 1. The zero-order valence-electron chi connectivity index (χ0n) is 17.8. The summed E-state index contributed by atoms with van der Waals surface area (Å²) < 4.78 is 23.0. The lowest BCUT2D eigenvalue weighted by Gasteiger charge is -2.29. The molecule has 0 spiro atoms. The highest BCUT2D eigenvalue weighted by molar-refractivity contribution is 7.91. The van der Waals surface area contributed by atoms with Crippen molar-refractivity contribution in [1.82, 2.24) is 20.9 Å². The van der Waals surface area contributed by atoms with Crippen LogP contribution in [0, 0.1) is 5.41 Å². The van der Waals surface area contributed by atoms with E-state index in [1.807, 2.05) is 6.92 Å². The molecule has 0 bridgehead atoms. The van der Waals surface area contributed by atoms with E-state index in [4.69, 9.17) is 0 Å². The molecular weight excluding hydrogens is 394 g/mol. The van der Waals surface area contributed by atoms with Crippen LogP contribution in [0.1, 0.15) is 45.4 Å². The van der Waals surface area contributed by atoms with Crippen molar-refractivity contribution in [2.24, 2.45) is 10.4 Å². The van der Waals surface area contributed by atoms with Gasteiger partial charge < -0.3 is 20.9 Å². The van der Waals surface area contributed by atoms with E-state index in [0.717, 1.165) is 25.7 Å². The van der Waals surface area contributed by atoms with Gasteiger partial charge in [0.1, 0.15) is 0 Å². The van der Waals surface area contributed by atoms with E-state index in [2.05, 4.69) is 20.9 Å². The minimum atomic E-state index is -3.01. The van der Waals surface area contributed by atoms with Gasteiger partial charge in [-0.25, -0.2) is 8.42 Å². The number of carbonyl (C=O) groups is 2. The molecule has 2 aliphatic rings. The Bertz CT molecular complexity index is 714. The number of sulfone groups is 1. The van der Waals surface area contributed by atoms with Crippen LogP contribution in [-0.2, 0) is 19.4 Å². The maximum atomic E-state index is 12.7. The average Bonchev–Trinajstić information content (AvgIpc) is 3.26. The van der Waals surface area contributed by atoms with Gasteiger partial charge in [0, 0.05) is 39.6 Å². The molecule has 0 aromatic rings. The van der Waals surface area contributed by atoms with Crippen molar-refractivity contribution in [3.8, 4) is 0 Å². The van der Waals surface area contributed by atoms with Gasteiger partial charge in [-0.1, -0.05) is 12.8 Å². The molecule has 2 amide bonds. The Labute approximate surface area is 174 Å². The number of hydrogen-bond acceptors (Lipinski definition) is 5. The number of nitrogens with one attached hydrogen (secondary N) is 3.